The summed E-state index contributed by atoms with van der Waals surface area (Å²) in [7, 11) is 0. The van der Waals surface area contributed by atoms with Crippen molar-refractivity contribution in [2.45, 2.75) is 44.9 Å². The maximum atomic E-state index is 12.3. The Labute approximate surface area is 144 Å². The number of carbonyl (C=O) groups excluding carboxylic acids is 1. The minimum atomic E-state index is -0.494. The number of amides is 1. The van der Waals surface area contributed by atoms with Gasteiger partial charge in [-0.25, -0.2) is 14.8 Å². The van der Waals surface area contributed by atoms with E-state index in [-0.39, 0.29) is 23.7 Å². The van der Waals surface area contributed by atoms with Crippen LogP contribution < -0.4 is 10.5 Å². The SMILES string of the molecule is CC(C)(C)OC(=O)N1CC2CC(C1)N2c1ccc2nc[nH]c(=O)c2n1. The van der Waals surface area contributed by atoms with Gasteiger partial charge < -0.3 is 19.5 Å². The van der Waals surface area contributed by atoms with E-state index in [0.717, 1.165) is 12.2 Å². The average Bonchev–Trinajstić information content (AvgIpc) is 2.54. The zero-order valence-electron chi connectivity index (χ0n) is 14.5. The average molecular weight is 343 g/mol. The van der Waals surface area contributed by atoms with Gasteiger partial charge >= 0.3 is 6.09 Å². The summed E-state index contributed by atoms with van der Waals surface area (Å²) in [6.07, 6.45) is 2.12. The summed E-state index contributed by atoms with van der Waals surface area (Å²) >= 11 is 0. The topological polar surface area (TPSA) is 91.4 Å². The van der Waals surface area contributed by atoms with Crippen LogP contribution >= 0.6 is 0 Å². The highest BCUT2D eigenvalue weighted by Crippen LogP contribution is 2.36. The van der Waals surface area contributed by atoms with Gasteiger partial charge in [0.05, 0.1) is 23.9 Å². The number of pyridine rings is 1. The molecule has 2 aromatic heterocycles. The van der Waals surface area contributed by atoms with E-state index in [4.69, 9.17) is 4.74 Å². The molecule has 3 aliphatic rings. The van der Waals surface area contributed by atoms with Crippen LogP contribution in [0.15, 0.2) is 23.3 Å². The normalized spacial score (nSPS) is 22.7. The highest BCUT2D eigenvalue weighted by atomic mass is 16.6. The van der Waals surface area contributed by atoms with E-state index in [0.29, 0.717) is 24.1 Å². The van der Waals surface area contributed by atoms with E-state index >= 15 is 0 Å². The lowest BCUT2D eigenvalue weighted by atomic mass is 9.87. The van der Waals surface area contributed by atoms with Gasteiger partial charge in [0.25, 0.3) is 5.56 Å². The van der Waals surface area contributed by atoms with Gasteiger partial charge in [0, 0.05) is 13.1 Å². The molecule has 0 aliphatic carbocycles. The molecule has 8 nitrogen and oxygen atoms in total. The largest absolute Gasteiger partial charge is 0.444 e. The maximum absolute atomic E-state index is 12.3. The lowest BCUT2D eigenvalue weighted by Crippen LogP contribution is -2.70. The second-order valence-electron chi connectivity index (χ2n) is 7.60. The first-order chi connectivity index (χ1) is 11.8. The smallest absolute Gasteiger partial charge is 0.410 e. The Morgan fingerprint density at radius 3 is 2.68 bits per heavy atom. The van der Waals surface area contributed by atoms with E-state index < -0.39 is 5.60 Å². The summed E-state index contributed by atoms with van der Waals surface area (Å²) in [6, 6.07) is 4.10. The molecule has 2 bridgehead atoms. The van der Waals surface area contributed by atoms with E-state index in [1.807, 2.05) is 32.9 Å². The molecule has 0 aromatic carbocycles. The Bertz CT molecular complexity index is 876. The zero-order valence-corrected chi connectivity index (χ0v) is 14.5. The van der Waals surface area contributed by atoms with Gasteiger partial charge in [0.2, 0.25) is 0 Å². The lowest BCUT2D eigenvalue weighted by Gasteiger charge is -2.56. The van der Waals surface area contributed by atoms with Gasteiger partial charge in [-0.15, -0.1) is 0 Å². The second-order valence-corrected chi connectivity index (χ2v) is 7.60. The van der Waals surface area contributed by atoms with Gasteiger partial charge in [-0.3, -0.25) is 4.79 Å². The van der Waals surface area contributed by atoms with Crippen LogP contribution in [0.5, 0.6) is 0 Å². The number of aromatic nitrogens is 3. The Morgan fingerprint density at radius 1 is 1.28 bits per heavy atom. The Kier molecular flexibility index (Phi) is 3.45. The van der Waals surface area contributed by atoms with Crippen LogP contribution in [-0.2, 0) is 4.74 Å². The molecule has 0 radical (unpaired) electrons. The first kappa shape index (κ1) is 15.9. The molecule has 3 saturated heterocycles. The quantitative estimate of drug-likeness (QED) is 0.844. The summed E-state index contributed by atoms with van der Waals surface area (Å²) in [4.78, 5) is 39.3. The van der Waals surface area contributed by atoms with Crippen LogP contribution in [0, 0.1) is 0 Å². The van der Waals surface area contributed by atoms with Crippen LogP contribution in [0.25, 0.3) is 11.0 Å². The molecule has 0 spiro atoms. The molecule has 0 saturated carbocycles. The van der Waals surface area contributed by atoms with Crippen LogP contribution in [0.1, 0.15) is 27.2 Å². The van der Waals surface area contributed by atoms with E-state index in [2.05, 4.69) is 19.9 Å². The molecule has 3 aliphatic heterocycles. The van der Waals surface area contributed by atoms with Crippen molar-refractivity contribution in [2.75, 3.05) is 18.0 Å². The van der Waals surface area contributed by atoms with Gasteiger partial charge in [-0.2, -0.15) is 0 Å². The van der Waals surface area contributed by atoms with E-state index in [9.17, 15) is 9.59 Å². The molecule has 5 rings (SSSR count). The predicted octanol–water partition coefficient (Wildman–Crippen LogP) is 1.52. The van der Waals surface area contributed by atoms with Crippen molar-refractivity contribution in [1.29, 1.82) is 0 Å². The molecule has 2 aromatic rings. The number of nitrogens with zero attached hydrogens (tertiary/aromatic N) is 4. The zero-order chi connectivity index (χ0) is 17.8. The third kappa shape index (κ3) is 2.81. The van der Waals surface area contributed by atoms with Crippen molar-refractivity contribution in [3.63, 3.8) is 0 Å². The van der Waals surface area contributed by atoms with Gasteiger partial charge in [0.15, 0.2) is 5.52 Å². The third-order valence-electron chi connectivity index (χ3n) is 4.58. The Morgan fingerprint density at radius 2 is 2.00 bits per heavy atom. The van der Waals surface area contributed by atoms with Gasteiger partial charge in [-0.1, -0.05) is 0 Å². The molecule has 25 heavy (non-hydrogen) atoms. The van der Waals surface area contributed by atoms with E-state index in [1.165, 1.54) is 6.33 Å². The molecule has 2 unspecified atom stereocenters. The number of anilines is 1. The van der Waals surface area contributed by atoms with Crippen molar-refractivity contribution in [3.8, 4) is 0 Å². The number of carbonyl (C=O) groups is 1. The minimum absolute atomic E-state index is 0.201. The number of piperidine rings is 1. The summed E-state index contributed by atoms with van der Waals surface area (Å²) in [5.74, 6) is 0.760. The summed E-state index contributed by atoms with van der Waals surface area (Å²) in [6.45, 7) is 6.81. The van der Waals surface area contributed by atoms with Gasteiger partial charge in [-0.05, 0) is 39.3 Å². The summed E-state index contributed by atoms with van der Waals surface area (Å²) in [5, 5.41) is 0. The fourth-order valence-electron chi connectivity index (χ4n) is 3.54. The number of rotatable bonds is 1. The van der Waals surface area contributed by atoms with Gasteiger partial charge in [0.1, 0.15) is 11.4 Å². The molecule has 5 heterocycles. The van der Waals surface area contributed by atoms with Crippen LogP contribution in [0.3, 0.4) is 0 Å². The third-order valence-corrected chi connectivity index (χ3v) is 4.58. The number of nitrogens with one attached hydrogen (secondary N) is 1. The molecular weight excluding hydrogens is 322 g/mol. The lowest BCUT2D eigenvalue weighted by molar-refractivity contribution is 0.00844. The molecule has 8 heteroatoms. The molecule has 2 atom stereocenters. The standard InChI is InChI=1S/C17H21N5O3/c1-17(2,3)25-16(24)21-7-10-6-11(8-21)22(10)13-5-4-12-14(20-13)15(23)19-9-18-12/h4-5,9-11H,6-8H2,1-3H3,(H,18,19,23). The Hall–Kier alpha value is -2.64. The molecule has 1 N–H and O–H groups in total. The van der Waals surface area contributed by atoms with Crippen molar-refractivity contribution >= 4 is 22.9 Å². The maximum Gasteiger partial charge on any atom is 0.410 e. The molecule has 3 fully saturated rings. The molecule has 132 valence electrons. The molecule has 1 amide bonds. The number of hydrogen-bond donors (Lipinski definition) is 1. The number of fused-ring (bicyclic) bond motifs is 3. The van der Waals surface area contributed by atoms with Crippen molar-refractivity contribution in [3.05, 3.63) is 28.8 Å². The fourth-order valence-corrected chi connectivity index (χ4v) is 3.54. The van der Waals surface area contributed by atoms with Crippen molar-refractivity contribution in [2.24, 2.45) is 0 Å². The van der Waals surface area contributed by atoms with Crippen molar-refractivity contribution in [1.82, 2.24) is 19.9 Å². The number of H-pyrrole nitrogens is 1. The number of aromatic amines is 1. The van der Waals surface area contributed by atoms with Crippen LogP contribution in [-0.4, -0.2) is 56.7 Å². The predicted molar refractivity (Wildman–Crippen MR) is 92.6 cm³/mol. The first-order valence-electron chi connectivity index (χ1n) is 8.42. The highest BCUT2D eigenvalue weighted by Gasteiger charge is 2.47. The van der Waals surface area contributed by atoms with E-state index in [1.54, 1.807) is 4.90 Å². The molecular formula is C17H21N5O3. The fraction of sp³-hybridized carbons (Fsp3) is 0.529. The number of ether oxygens (including phenoxy) is 1. The number of piperazine rings is 1. The number of hydrogen-bond acceptors (Lipinski definition) is 6. The summed E-state index contributed by atoms with van der Waals surface area (Å²) in [5.41, 5.74) is 0.183. The van der Waals surface area contributed by atoms with Crippen LogP contribution in [0.2, 0.25) is 0 Å². The van der Waals surface area contributed by atoms with Crippen LogP contribution in [0.4, 0.5) is 10.6 Å². The van der Waals surface area contributed by atoms with Crippen molar-refractivity contribution < 1.29 is 9.53 Å². The first-order valence-corrected chi connectivity index (χ1v) is 8.42. The second kappa shape index (κ2) is 5.44. The monoisotopic (exact) mass is 343 g/mol. The summed E-state index contributed by atoms with van der Waals surface area (Å²) < 4.78 is 5.46. The minimum Gasteiger partial charge on any atom is -0.444 e. The highest BCUT2D eigenvalue weighted by molar-refractivity contribution is 5.75. The Balaban J connectivity index is 1.53.